The maximum Gasteiger partial charge on any atom is 0.335 e. The van der Waals surface area contributed by atoms with Crippen molar-refractivity contribution in [3.8, 4) is 0 Å². The van der Waals surface area contributed by atoms with E-state index >= 15 is 0 Å². The van der Waals surface area contributed by atoms with Crippen LogP contribution in [0.25, 0.3) is 0 Å². The van der Waals surface area contributed by atoms with Gasteiger partial charge in [-0.05, 0) is 36.4 Å². The molecule has 0 atom stereocenters. The number of rotatable bonds is 6. The molecule has 26 heavy (non-hydrogen) atoms. The summed E-state index contributed by atoms with van der Waals surface area (Å²) in [7, 11) is -3.95. The monoisotopic (exact) mass is 378 g/mol. The smallest absolute Gasteiger partial charge is 0.335 e. The third kappa shape index (κ3) is 4.77. The summed E-state index contributed by atoms with van der Waals surface area (Å²) < 4.78 is 25.4. The summed E-state index contributed by atoms with van der Waals surface area (Å²) >= 11 is 0. The van der Waals surface area contributed by atoms with Gasteiger partial charge in [0.15, 0.2) is 5.69 Å². The number of aromatic carboxylic acids is 1. The molecular formula is C15H14N4O6S. The van der Waals surface area contributed by atoms with Crippen LogP contribution < -0.4 is 10.1 Å². The molecule has 0 saturated carbocycles. The van der Waals surface area contributed by atoms with Crippen LogP contribution in [0.1, 0.15) is 17.3 Å². The first-order valence-corrected chi connectivity index (χ1v) is 8.58. The normalized spacial score (nSPS) is 11.7. The Bertz CT molecular complexity index is 970. The van der Waals surface area contributed by atoms with Gasteiger partial charge in [-0.2, -0.15) is 0 Å². The molecule has 0 radical (unpaired) electrons. The fourth-order valence-corrected chi connectivity index (χ4v) is 2.87. The van der Waals surface area contributed by atoms with Crippen LogP contribution in [-0.4, -0.2) is 30.3 Å². The lowest BCUT2D eigenvalue weighted by Gasteiger charge is -2.06. The number of hydrogen-bond donors (Lipinski definition) is 3. The first-order chi connectivity index (χ1) is 12.2. The molecule has 1 amide bonds. The molecule has 2 aromatic rings. The van der Waals surface area contributed by atoms with Gasteiger partial charge in [0.2, 0.25) is 5.91 Å². The highest BCUT2D eigenvalue weighted by molar-refractivity contribution is 7.90. The third-order valence-electron chi connectivity index (χ3n) is 3.03. The van der Waals surface area contributed by atoms with Gasteiger partial charge < -0.3 is 10.3 Å². The topological polar surface area (TPSA) is 151 Å². The molecule has 0 spiro atoms. The first-order valence-electron chi connectivity index (χ1n) is 7.10. The summed E-state index contributed by atoms with van der Waals surface area (Å²) in [4.78, 5) is 21.8. The molecule has 136 valence electrons. The zero-order chi connectivity index (χ0) is 19.3. The highest BCUT2D eigenvalue weighted by atomic mass is 32.2. The summed E-state index contributed by atoms with van der Waals surface area (Å²) in [6.45, 7) is 1.08. The van der Waals surface area contributed by atoms with Crippen LogP contribution in [0.15, 0.2) is 58.6 Å². The molecule has 11 heteroatoms. The third-order valence-corrected chi connectivity index (χ3v) is 4.48. The average molecular weight is 378 g/mol. The Balaban J connectivity index is 2.14. The maximum atomic E-state index is 11.9. The predicted octanol–water partition coefficient (Wildman–Crippen LogP) is 1.83. The van der Waals surface area contributed by atoms with Crippen LogP contribution in [-0.2, 0) is 14.8 Å². The van der Waals surface area contributed by atoms with E-state index in [0.29, 0.717) is 5.69 Å². The molecule has 0 bridgehead atoms. The lowest BCUT2D eigenvalue weighted by atomic mass is 10.2. The molecule has 0 unspecified atom stereocenters. The van der Waals surface area contributed by atoms with Crippen molar-refractivity contribution in [2.24, 2.45) is 5.22 Å². The van der Waals surface area contributed by atoms with Gasteiger partial charge in [-0.25, -0.2) is 17.9 Å². The summed E-state index contributed by atoms with van der Waals surface area (Å²) in [5, 5.41) is 24.3. The van der Waals surface area contributed by atoms with Crippen molar-refractivity contribution in [1.29, 1.82) is 0 Å². The van der Waals surface area contributed by atoms with Crippen molar-refractivity contribution >= 4 is 33.3 Å². The van der Waals surface area contributed by atoms with Crippen molar-refractivity contribution in [2.45, 2.75) is 11.8 Å². The van der Waals surface area contributed by atoms with Gasteiger partial charge in [0.1, 0.15) is 5.69 Å². The van der Waals surface area contributed by atoms with Crippen molar-refractivity contribution in [3.63, 3.8) is 0 Å². The van der Waals surface area contributed by atoms with Gasteiger partial charge in [-0.1, -0.05) is 6.07 Å². The summed E-state index contributed by atoms with van der Waals surface area (Å²) in [5.41, 5.74) is 2.67. The van der Waals surface area contributed by atoms with Gasteiger partial charge in [-0.3, -0.25) is 4.79 Å². The number of carbonyl (C=O) groups is 2. The Morgan fingerprint density at radius 3 is 2.38 bits per heavy atom. The van der Waals surface area contributed by atoms with E-state index < -0.39 is 21.9 Å². The second-order valence-corrected chi connectivity index (χ2v) is 6.71. The van der Waals surface area contributed by atoms with E-state index in [2.05, 4.69) is 10.6 Å². The zero-order valence-corrected chi connectivity index (χ0v) is 14.2. The highest BCUT2D eigenvalue weighted by Crippen LogP contribution is 2.16. The van der Waals surface area contributed by atoms with E-state index in [1.54, 1.807) is 0 Å². The van der Waals surface area contributed by atoms with Crippen LogP contribution in [0.5, 0.6) is 0 Å². The molecule has 0 aliphatic rings. The van der Waals surface area contributed by atoms with Gasteiger partial charge in [-0.15, -0.1) is 10.3 Å². The molecule has 0 aliphatic carbocycles. The number of carbonyl (C=O) groups excluding carboxylic acids is 1. The van der Waals surface area contributed by atoms with E-state index in [1.807, 2.05) is 4.72 Å². The minimum absolute atomic E-state index is 0.00209. The maximum absolute atomic E-state index is 11.9. The van der Waals surface area contributed by atoms with Crippen molar-refractivity contribution in [2.75, 3.05) is 5.43 Å². The summed E-state index contributed by atoms with van der Waals surface area (Å²) in [5.74, 6) is -1.89. The Labute approximate surface area is 148 Å². The summed E-state index contributed by atoms with van der Waals surface area (Å²) in [6.07, 6.45) is 0. The molecule has 10 nitrogen and oxygen atoms in total. The van der Waals surface area contributed by atoms with E-state index in [4.69, 9.17) is 5.11 Å². The zero-order valence-electron chi connectivity index (χ0n) is 13.4. The Morgan fingerprint density at radius 1 is 1.15 bits per heavy atom. The van der Waals surface area contributed by atoms with E-state index in [9.17, 15) is 23.2 Å². The average Bonchev–Trinajstić information content (AvgIpc) is 2.59. The number of amides is 1. The molecule has 2 aromatic carbocycles. The van der Waals surface area contributed by atoms with Gasteiger partial charge in [0, 0.05) is 13.0 Å². The Hall–Kier alpha value is -3.47. The van der Waals surface area contributed by atoms with Crippen molar-refractivity contribution in [3.05, 3.63) is 59.3 Å². The fourth-order valence-electron chi connectivity index (χ4n) is 1.88. The lowest BCUT2D eigenvalue weighted by Crippen LogP contribution is -2.28. The van der Waals surface area contributed by atoms with Crippen LogP contribution >= 0.6 is 0 Å². The number of hydrogen-bond acceptors (Lipinski definition) is 6. The number of nitrogens with zero attached hydrogens (tertiary/aromatic N) is 2. The molecule has 0 fully saturated rings. The largest absolute Gasteiger partial charge is 0.691 e. The molecule has 3 N–H and O–H groups in total. The second-order valence-electron chi connectivity index (χ2n) is 5.03. The molecule has 0 saturated heterocycles. The standard InChI is InChI=1S/C15H14N4O6S/c1-10(20)17-26(24,25)14-7-5-12(6-8-14)16-18-19(23)13-4-2-3-11(9-13)15(21)22/h2-9,16H,1H3,(H,17,20)(H,21,22)/b19-18-. The fraction of sp³-hybridized carbons (Fsp3) is 0.0667. The van der Waals surface area contributed by atoms with Crippen LogP contribution in [0.3, 0.4) is 0 Å². The number of benzene rings is 2. The minimum Gasteiger partial charge on any atom is -0.691 e. The SMILES string of the molecule is CC(=O)NS(=O)(=O)c1ccc(N/N=[N+](\[O-])c2cccc(C(=O)O)c2)cc1. The van der Waals surface area contributed by atoms with Gasteiger partial charge >= 0.3 is 5.97 Å². The van der Waals surface area contributed by atoms with Gasteiger partial charge in [0.05, 0.1) is 15.7 Å². The first kappa shape index (κ1) is 18.9. The van der Waals surface area contributed by atoms with Crippen LogP contribution in [0.4, 0.5) is 11.4 Å². The predicted molar refractivity (Wildman–Crippen MR) is 90.2 cm³/mol. The lowest BCUT2D eigenvalue weighted by molar-refractivity contribution is -0.439. The molecule has 0 heterocycles. The van der Waals surface area contributed by atoms with Crippen LogP contribution in [0.2, 0.25) is 0 Å². The van der Waals surface area contributed by atoms with E-state index in [1.165, 1.54) is 42.5 Å². The number of carboxylic acid groups (broad SMARTS) is 1. The number of nitrogens with one attached hydrogen (secondary N) is 2. The van der Waals surface area contributed by atoms with Crippen molar-refractivity contribution in [1.82, 2.24) is 4.72 Å². The minimum atomic E-state index is -3.95. The quantitative estimate of drug-likeness (QED) is 0.394. The molecular weight excluding hydrogens is 364 g/mol. The second kappa shape index (κ2) is 7.61. The van der Waals surface area contributed by atoms with E-state index in [-0.39, 0.29) is 21.0 Å². The molecule has 2 rings (SSSR count). The van der Waals surface area contributed by atoms with E-state index in [0.717, 1.165) is 13.0 Å². The Kier molecular flexibility index (Phi) is 5.52. The highest BCUT2D eigenvalue weighted by Gasteiger charge is 2.15. The Morgan fingerprint density at radius 2 is 1.81 bits per heavy atom. The number of sulfonamides is 1. The van der Waals surface area contributed by atoms with Crippen LogP contribution in [0, 0.1) is 5.21 Å². The van der Waals surface area contributed by atoms with Gasteiger partial charge in [0.25, 0.3) is 10.0 Å². The molecule has 0 aromatic heterocycles. The molecule has 0 aliphatic heterocycles. The number of carboxylic acids is 1. The van der Waals surface area contributed by atoms with Crippen molar-refractivity contribution < 1.29 is 28.0 Å². The summed E-state index contributed by atoms with van der Waals surface area (Å²) in [6, 6.07) is 10.4. The number of anilines is 1.